The first kappa shape index (κ1) is 26.2. The van der Waals surface area contributed by atoms with E-state index in [2.05, 4.69) is 48.2 Å². The zero-order chi connectivity index (χ0) is 29.9. The maximum atomic E-state index is 11.3. The molecular formula is C36H40N2O6. The predicted octanol–water partition coefficient (Wildman–Crippen LogP) is 2.98. The number of piperidine rings is 2. The van der Waals surface area contributed by atoms with Crippen LogP contribution in [0.2, 0.25) is 0 Å². The quantitative estimate of drug-likeness (QED) is 0.524. The van der Waals surface area contributed by atoms with Crippen LogP contribution >= 0.6 is 0 Å². The lowest BCUT2D eigenvalue weighted by Gasteiger charge is -2.56. The lowest BCUT2D eigenvalue weighted by atomic mass is 9.53. The summed E-state index contributed by atoms with van der Waals surface area (Å²) in [5, 5.41) is 22.5. The molecule has 2 aromatic carbocycles. The van der Waals surface area contributed by atoms with Crippen molar-refractivity contribution in [2.75, 3.05) is 41.4 Å². The molecule has 2 aromatic rings. The Morgan fingerprint density at radius 1 is 0.705 bits per heavy atom. The van der Waals surface area contributed by atoms with Crippen LogP contribution in [0.5, 0.6) is 23.0 Å². The monoisotopic (exact) mass is 596 g/mol. The summed E-state index contributed by atoms with van der Waals surface area (Å²) in [6.07, 6.45) is 10.1. The molecule has 0 aromatic heterocycles. The van der Waals surface area contributed by atoms with Gasteiger partial charge in [-0.05, 0) is 76.1 Å². The number of methoxy groups -OCH3 is 2. The summed E-state index contributed by atoms with van der Waals surface area (Å²) in [5.74, 6) is 3.53. The first-order valence-corrected chi connectivity index (χ1v) is 16.3. The van der Waals surface area contributed by atoms with Crippen molar-refractivity contribution in [1.29, 1.82) is 0 Å². The molecule has 4 bridgehead atoms. The van der Waals surface area contributed by atoms with E-state index in [1.54, 1.807) is 14.2 Å². The third-order valence-corrected chi connectivity index (χ3v) is 13.2. The highest BCUT2D eigenvalue weighted by atomic mass is 16.5. The van der Waals surface area contributed by atoms with Gasteiger partial charge in [0.1, 0.15) is 24.4 Å². The van der Waals surface area contributed by atoms with Gasteiger partial charge in [0.15, 0.2) is 23.0 Å². The van der Waals surface area contributed by atoms with Crippen LogP contribution in [0.15, 0.2) is 36.4 Å². The number of aliphatic hydroxyl groups excluding tert-OH is 2. The first-order chi connectivity index (χ1) is 21.3. The van der Waals surface area contributed by atoms with Gasteiger partial charge < -0.3 is 39.0 Å². The molecule has 4 aliphatic heterocycles. The molecule has 8 aliphatic rings. The fourth-order valence-corrected chi connectivity index (χ4v) is 11.4. The summed E-state index contributed by atoms with van der Waals surface area (Å²) in [6, 6.07) is 5.30. The van der Waals surface area contributed by atoms with Crippen molar-refractivity contribution in [1.82, 2.24) is 9.80 Å². The molecule has 8 heteroatoms. The number of likely N-dealkylation sites (N-methyl/N-ethyl adjacent to an activating group) is 2. The minimum Gasteiger partial charge on any atom is -0.492 e. The van der Waals surface area contributed by atoms with E-state index in [9.17, 15) is 10.2 Å². The Balaban J connectivity index is 1.22. The topological polar surface area (TPSA) is 83.9 Å². The maximum Gasteiger partial charge on any atom is 0.169 e. The lowest BCUT2D eigenvalue weighted by molar-refractivity contribution is -0.0453. The van der Waals surface area contributed by atoms with Gasteiger partial charge in [-0.1, -0.05) is 24.3 Å². The van der Waals surface area contributed by atoms with Crippen LogP contribution in [0.4, 0.5) is 0 Å². The Hall–Kier alpha value is -3.04. The van der Waals surface area contributed by atoms with Crippen LogP contribution in [-0.4, -0.2) is 97.9 Å². The highest BCUT2D eigenvalue weighted by molar-refractivity contribution is 5.86. The minimum atomic E-state index is -0.666. The Kier molecular flexibility index (Phi) is 5.00. The van der Waals surface area contributed by atoms with Gasteiger partial charge in [0.25, 0.3) is 0 Å². The average Bonchev–Trinajstić information content (AvgIpc) is 3.56. The summed E-state index contributed by atoms with van der Waals surface area (Å²) < 4.78 is 26.2. The molecule has 2 fully saturated rings. The Labute approximate surface area is 257 Å². The molecule has 0 radical (unpaired) electrons. The minimum absolute atomic E-state index is 0.258. The molecule has 230 valence electrons. The molecule has 2 N–H and O–H groups in total. The molecular weight excluding hydrogens is 556 g/mol. The number of rotatable bonds is 3. The maximum absolute atomic E-state index is 11.3. The van der Waals surface area contributed by atoms with Crippen molar-refractivity contribution in [2.24, 2.45) is 11.8 Å². The Morgan fingerprint density at radius 2 is 1.14 bits per heavy atom. The Morgan fingerprint density at radius 3 is 1.55 bits per heavy atom. The van der Waals surface area contributed by atoms with E-state index < -0.39 is 12.2 Å². The Bertz CT molecular complexity index is 1580. The number of ether oxygens (including phenoxy) is 4. The molecule has 8 nitrogen and oxygen atoms in total. The van der Waals surface area contributed by atoms with Crippen LogP contribution in [0.1, 0.15) is 35.1 Å². The normalized spacial score (nSPS) is 41.5. The summed E-state index contributed by atoms with van der Waals surface area (Å²) in [5.41, 5.74) is 6.36. The molecule has 2 saturated heterocycles. The van der Waals surface area contributed by atoms with Crippen LogP contribution in [0.25, 0.3) is 11.1 Å². The molecule has 44 heavy (non-hydrogen) atoms. The van der Waals surface area contributed by atoms with E-state index in [1.807, 2.05) is 12.2 Å². The van der Waals surface area contributed by atoms with Crippen molar-refractivity contribution in [3.63, 3.8) is 0 Å². The van der Waals surface area contributed by atoms with Gasteiger partial charge >= 0.3 is 0 Å². The smallest absolute Gasteiger partial charge is 0.169 e. The number of likely N-dealkylation sites (tertiary alicyclic amines) is 2. The zero-order valence-electron chi connectivity index (χ0n) is 25.7. The average molecular weight is 597 g/mol. The van der Waals surface area contributed by atoms with Gasteiger partial charge in [-0.3, -0.25) is 0 Å². The summed E-state index contributed by atoms with van der Waals surface area (Å²) in [7, 11) is 7.90. The van der Waals surface area contributed by atoms with Gasteiger partial charge in [0, 0.05) is 57.0 Å². The largest absolute Gasteiger partial charge is 0.492 e. The predicted molar refractivity (Wildman–Crippen MR) is 164 cm³/mol. The van der Waals surface area contributed by atoms with E-state index in [4.69, 9.17) is 18.9 Å². The van der Waals surface area contributed by atoms with Gasteiger partial charge in [0.2, 0.25) is 0 Å². The van der Waals surface area contributed by atoms with Crippen molar-refractivity contribution in [3.8, 4) is 34.1 Å². The van der Waals surface area contributed by atoms with Gasteiger partial charge in [-0.15, -0.1) is 0 Å². The second-order valence-electron chi connectivity index (χ2n) is 14.6. The fraction of sp³-hybridized carbons (Fsp3) is 0.556. The standard InChI is InChI=1S/C36H40N2O6/c1-37-11-9-35-21-5-7-25(39)33(35)43-31-27(35)17(15-23(21)37)13-19(29(31)41-3)20-14-18-16-24-22-6-8-26(40)34-36(22,10-12-38(24)2)28(18)32(44-34)30(20)42-4/h5-8,13-14,21-26,33-34,39-40H,9-12,15-16H2,1-4H3/t21?,22?,23?,24?,25?,26?,33?,34?,35-,36-/m0/s1. The van der Waals surface area contributed by atoms with E-state index in [-0.39, 0.29) is 23.0 Å². The fourth-order valence-electron chi connectivity index (χ4n) is 11.4. The SMILES string of the molecule is COc1c(-c2cc3c4c(c2OC)OC2C(O)C=CC5C(C3)N(C)CC[C@@]452)cc2c3c1OC1C(O)C=CC4C(C2)N(C)CC[C@@]341. The third-order valence-electron chi connectivity index (χ3n) is 13.2. The van der Waals surface area contributed by atoms with Crippen molar-refractivity contribution < 1.29 is 29.2 Å². The van der Waals surface area contributed by atoms with Crippen LogP contribution < -0.4 is 18.9 Å². The third kappa shape index (κ3) is 2.75. The van der Waals surface area contributed by atoms with Gasteiger partial charge in [-0.25, -0.2) is 0 Å². The van der Waals surface area contributed by atoms with Crippen molar-refractivity contribution >= 4 is 0 Å². The zero-order valence-corrected chi connectivity index (χ0v) is 25.7. The molecule has 0 saturated carbocycles. The van der Waals surface area contributed by atoms with E-state index in [1.165, 1.54) is 22.3 Å². The lowest BCUT2D eigenvalue weighted by Crippen LogP contribution is -2.64. The first-order valence-electron chi connectivity index (χ1n) is 16.3. The molecule has 10 rings (SSSR count). The summed E-state index contributed by atoms with van der Waals surface area (Å²) in [4.78, 5) is 4.97. The van der Waals surface area contributed by atoms with Crippen molar-refractivity contribution in [3.05, 3.63) is 58.7 Å². The summed E-state index contributed by atoms with van der Waals surface area (Å²) in [6.45, 7) is 1.95. The molecule has 4 heterocycles. The van der Waals surface area contributed by atoms with Gasteiger partial charge in [-0.2, -0.15) is 0 Å². The van der Waals surface area contributed by atoms with Gasteiger partial charge in [0.05, 0.1) is 14.2 Å². The number of nitrogens with zero attached hydrogens (tertiary/aromatic N) is 2. The van der Waals surface area contributed by atoms with E-state index in [0.29, 0.717) is 35.4 Å². The highest BCUT2D eigenvalue weighted by Gasteiger charge is 2.66. The highest BCUT2D eigenvalue weighted by Crippen LogP contribution is 2.67. The number of hydrogen-bond donors (Lipinski definition) is 2. The molecule has 0 amide bonds. The van der Waals surface area contributed by atoms with Crippen LogP contribution in [0, 0.1) is 11.8 Å². The van der Waals surface area contributed by atoms with E-state index in [0.717, 1.165) is 61.4 Å². The second-order valence-corrected chi connectivity index (χ2v) is 14.6. The van der Waals surface area contributed by atoms with Crippen LogP contribution in [-0.2, 0) is 23.7 Å². The number of aliphatic hydroxyl groups is 2. The molecule has 8 unspecified atom stereocenters. The number of benzene rings is 2. The molecule has 10 atom stereocenters. The molecule has 4 aliphatic carbocycles. The van der Waals surface area contributed by atoms with Crippen molar-refractivity contribution in [2.45, 2.75) is 73.0 Å². The van der Waals surface area contributed by atoms with E-state index >= 15 is 0 Å². The molecule has 2 spiro atoms. The number of hydrogen-bond acceptors (Lipinski definition) is 8. The second kappa shape index (κ2) is 8.40. The summed E-state index contributed by atoms with van der Waals surface area (Å²) >= 11 is 0. The van der Waals surface area contributed by atoms with Crippen LogP contribution in [0.3, 0.4) is 0 Å².